The smallest absolute Gasteiger partial charge is 0.200 e. The van der Waals surface area contributed by atoms with Crippen molar-refractivity contribution in [3.63, 3.8) is 0 Å². The number of rotatable bonds is 2. The number of anilines is 2. The average molecular weight is 254 g/mol. The van der Waals surface area contributed by atoms with Crippen molar-refractivity contribution in [1.82, 2.24) is 25.3 Å². The molecule has 94 valence electrons. The quantitative estimate of drug-likeness (QED) is 0.740. The number of fused-ring (bicyclic) bond motifs is 2. The second-order valence-corrected chi connectivity index (χ2v) is 4.29. The first-order valence-corrected chi connectivity index (χ1v) is 5.97. The van der Waals surface area contributed by atoms with E-state index in [0.29, 0.717) is 11.5 Å². The second kappa shape index (κ2) is 3.91. The Labute approximate surface area is 108 Å². The highest BCUT2D eigenvalue weighted by Gasteiger charge is 2.12. The number of tetrazole rings is 1. The predicted molar refractivity (Wildman–Crippen MR) is 67.5 cm³/mol. The summed E-state index contributed by atoms with van der Waals surface area (Å²) in [6.45, 7) is 0.758. The lowest BCUT2D eigenvalue weighted by molar-refractivity contribution is 0.357. The van der Waals surface area contributed by atoms with E-state index >= 15 is 0 Å². The fraction of sp³-hybridized carbons (Fsp3) is 0.167. The largest absolute Gasteiger partial charge is 0.493 e. The summed E-state index contributed by atoms with van der Waals surface area (Å²) in [5.74, 6) is 1.66. The lowest BCUT2D eigenvalue weighted by atomic mass is 10.1. The third-order valence-corrected chi connectivity index (χ3v) is 3.03. The van der Waals surface area contributed by atoms with Crippen molar-refractivity contribution in [2.45, 2.75) is 6.42 Å². The summed E-state index contributed by atoms with van der Waals surface area (Å²) in [4.78, 5) is 0. The first-order chi connectivity index (χ1) is 9.38. The Morgan fingerprint density at radius 3 is 3.21 bits per heavy atom. The Balaban J connectivity index is 1.66. The van der Waals surface area contributed by atoms with Crippen LogP contribution in [-0.2, 0) is 6.42 Å². The van der Waals surface area contributed by atoms with Crippen LogP contribution in [-0.4, -0.2) is 31.9 Å². The fourth-order valence-corrected chi connectivity index (χ4v) is 2.13. The standard InChI is InChI=1S/C12H10N6O/c1-2-10-8(5-6-19-10)7-9(1)13-11-3-4-12-14-16-17-18(12)15-11/h1-4,7H,5-6H2,(H,13,15). The van der Waals surface area contributed by atoms with Crippen LogP contribution in [0.4, 0.5) is 11.5 Å². The monoisotopic (exact) mass is 254 g/mol. The Morgan fingerprint density at radius 2 is 2.21 bits per heavy atom. The van der Waals surface area contributed by atoms with E-state index < -0.39 is 0 Å². The van der Waals surface area contributed by atoms with Gasteiger partial charge < -0.3 is 10.1 Å². The molecule has 7 nitrogen and oxygen atoms in total. The van der Waals surface area contributed by atoms with Gasteiger partial charge in [-0.2, -0.15) is 0 Å². The first-order valence-electron chi connectivity index (χ1n) is 5.97. The molecule has 0 unspecified atom stereocenters. The van der Waals surface area contributed by atoms with E-state index in [0.717, 1.165) is 24.5 Å². The van der Waals surface area contributed by atoms with Crippen molar-refractivity contribution < 1.29 is 4.74 Å². The Hall–Kier alpha value is -2.70. The Morgan fingerprint density at radius 1 is 1.21 bits per heavy atom. The van der Waals surface area contributed by atoms with Crippen molar-refractivity contribution in [1.29, 1.82) is 0 Å². The molecule has 1 aromatic carbocycles. The summed E-state index contributed by atoms with van der Waals surface area (Å²) >= 11 is 0. The van der Waals surface area contributed by atoms with Crippen molar-refractivity contribution in [2.24, 2.45) is 0 Å². The van der Waals surface area contributed by atoms with Crippen molar-refractivity contribution >= 4 is 17.2 Å². The maximum Gasteiger partial charge on any atom is 0.200 e. The summed E-state index contributed by atoms with van der Waals surface area (Å²) in [5, 5.41) is 18.6. The molecule has 0 amide bonds. The molecule has 1 aliphatic rings. The molecule has 0 radical (unpaired) electrons. The summed E-state index contributed by atoms with van der Waals surface area (Å²) in [7, 11) is 0. The molecule has 1 aliphatic heterocycles. The lowest BCUT2D eigenvalue weighted by Crippen LogP contribution is -2.00. The molecule has 0 atom stereocenters. The van der Waals surface area contributed by atoms with E-state index in [1.54, 1.807) is 0 Å². The molecule has 7 heteroatoms. The molecule has 0 spiro atoms. The third-order valence-electron chi connectivity index (χ3n) is 3.03. The molecule has 1 N–H and O–H groups in total. The van der Waals surface area contributed by atoms with E-state index in [2.05, 4.69) is 32.0 Å². The van der Waals surface area contributed by atoms with E-state index in [1.165, 1.54) is 10.2 Å². The number of benzene rings is 1. The lowest BCUT2D eigenvalue weighted by Gasteiger charge is -2.06. The number of nitrogens with zero attached hydrogens (tertiary/aromatic N) is 5. The second-order valence-electron chi connectivity index (χ2n) is 4.29. The molecule has 3 heterocycles. The maximum absolute atomic E-state index is 5.48. The minimum absolute atomic E-state index is 0.618. The molecule has 0 saturated carbocycles. The van der Waals surface area contributed by atoms with E-state index in [1.807, 2.05) is 24.3 Å². The van der Waals surface area contributed by atoms with Gasteiger partial charge in [0.2, 0.25) is 0 Å². The van der Waals surface area contributed by atoms with Crippen LogP contribution in [0.1, 0.15) is 5.56 Å². The van der Waals surface area contributed by atoms with Crippen LogP contribution < -0.4 is 10.1 Å². The number of aromatic nitrogens is 5. The molecule has 0 fully saturated rings. The molecule has 0 bridgehead atoms. The number of hydrogen-bond donors (Lipinski definition) is 1. The topological polar surface area (TPSA) is 77.2 Å². The van der Waals surface area contributed by atoms with Crippen molar-refractivity contribution in [2.75, 3.05) is 11.9 Å². The van der Waals surface area contributed by atoms with Gasteiger partial charge in [0, 0.05) is 12.1 Å². The highest BCUT2D eigenvalue weighted by Crippen LogP contribution is 2.28. The molecule has 19 heavy (non-hydrogen) atoms. The van der Waals surface area contributed by atoms with Gasteiger partial charge in [0.25, 0.3) is 0 Å². The molecule has 4 rings (SSSR count). The molecular weight excluding hydrogens is 244 g/mol. The first kappa shape index (κ1) is 10.2. The van der Waals surface area contributed by atoms with Gasteiger partial charge >= 0.3 is 0 Å². The number of hydrogen-bond acceptors (Lipinski definition) is 6. The highest BCUT2D eigenvalue weighted by molar-refractivity contribution is 5.60. The number of nitrogens with one attached hydrogen (secondary N) is 1. The van der Waals surface area contributed by atoms with Gasteiger partial charge in [0.05, 0.1) is 6.61 Å². The van der Waals surface area contributed by atoms with Crippen LogP contribution in [0.2, 0.25) is 0 Å². The Bertz CT molecular complexity index is 753. The van der Waals surface area contributed by atoms with E-state index in [9.17, 15) is 0 Å². The third kappa shape index (κ3) is 1.75. The van der Waals surface area contributed by atoms with Crippen LogP contribution in [0, 0.1) is 0 Å². The van der Waals surface area contributed by atoms with E-state index in [4.69, 9.17) is 4.74 Å². The normalized spacial score (nSPS) is 13.3. The van der Waals surface area contributed by atoms with Crippen molar-refractivity contribution in [3.8, 4) is 5.75 Å². The zero-order chi connectivity index (χ0) is 12.7. The maximum atomic E-state index is 5.48. The van der Waals surface area contributed by atoms with Gasteiger partial charge in [0.1, 0.15) is 5.75 Å². The summed E-state index contributed by atoms with van der Waals surface area (Å²) in [5.41, 5.74) is 2.81. The van der Waals surface area contributed by atoms with Gasteiger partial charge in [0.15, 0.2) is 11.5 Å². The molecule has 0 saturated heterocycles. The highest BCUT2D eigenvalue weighted by atomic mass is 16.5. The predicted octanol–water partition coefficient (Wildman–Crippen LogP) is 1.20. The summed E-state index contributed by atoms with van der Waals surface area (Å²) in [6.07, 6.45) is 0.949. The van der Waals surface area contributed by atoms with Crippen molar-refractivity contribution in [3.05, 3.63) is 35.9 Å². The van der Waals surface area contributed by atoms with Gasteiger partial charge in [-0.1, -0.05) is 0 Å². The number of ether oxygens (including phenoxy) is 1. The minimum atomic E-state index is 0.618. The summed E-state index contributed by atoms with van der Waals surface area (Å²) in [6, 6.07) is 9.67. The fourth-order valence-electron chi connectivity index (χ4n) is 2.13. The van der Waals surface area contributed by atoms with Crippen LogP contribution in [0.3, 0.4) is 0 Å². The van der Waals surface area contributed by atoms with Gasteiger partial charge in [-0.15, -0.1) is 14.8 Å². The molecule has 2 aromatic heterocycles. The average Bonchev–Trinajstić information content (AvgIpc) is 3.05. The zero-order valence-corrected chi connectivity index (χ0v) is 9.95. The molecular formula is C12H10N6O. The van der Waals surface area contributed by atoms with Crippen LogP contribution >= 0.6 is 0 Å². The SMILES string of the molecule is c1cc2c(cc1Nc1ccc3nnnn3n1)CCO2. The van der Waals surface area contributed by atoms with Crippen LogP contribution in [0.25, 0.3) is 5.65 Å². The van der Waals surface area contributed by atoms with Crippen LogP contribution in [0.5, 0.6) is 5.75 Å². The van der Waals surface area contributed by atoms with Gasteiger partial charge in [-0.05, 0) is 46.3 Å². The van der Waals surface area contributed by atoms with Gasteiger partial charge in [-0.3, -0.25) is 0 Å². The van der Waals surface area contributed by atoms with Crippen LogP contribution in [0.15, 0.2) is 30.3 Å². The zero-order valence-electron chi connectivity index (χ0n) is 9.95. The van der Waals surface area contributed by atoms with Gasteiger partial charge in [-0.25, -0.2) is 0 Å². The Kier molecular flexibility index (Phi) is 2.11. The minimum Gasteiger partial charge on any atom is -0.493 e. The molecule has 3 aromatic rings. The molecule has 0 aliphatic carbocycles. The summed E-state index contributed by atoms with van der Waals surface area (Å²) < 4.78 is 6.86. The van der Waals surface area contributed by atoms with E-state index in [-0.39, 0.29) is 0 Å².